The molecular weight excluding hydrogens is 266 g/mol. The van der Waals surface area contributed by atoms with Gasteiger partial charge in [-0.1, -0.05) is 12.5 Å². The summed E-state index contributed by atoms with van der Waals surface area (Å²) in [4.78, 5) is 23.9. The molecule has 0 bridgehead atoms. The number of anilines is 2. The van der Waals surface area contributed by atoms with Gasteiger partial charge in [-0.25, -0.2) is 0 Å². The van der Waals surface area contributed by atoms with Crippen molar-refractivity contribution in [2.75, 3.05) is 17.2 Å². The number of hydrogen-bond acceptors (Lipinski definition) is 3. The van der Waals surface area contributed by atoms with Crippen molar-refractivity contribution in [2.45, 2.75) is 38.1 Å². The van der Waals surface area contributed by atoms with Gasteiger partial charge in [-0.2, -0.15) is 0 Å². The third-order valence-electron chi connectivity index (χ3n) is 3.97. The average molecular weight is 287 g/mol. The largest absolute Gasteiger partial charge is 0.326 e. The van der Waals surface area contributed by atoms with E-state index < -0.39 is 0 Å². The van der Waals surface area contributed by atoms with Gasteiger partial charge in [0.25, 0.3) is 0 Å². The zero-order valence-corrected chi connectivity index (χ0v) is 12.0. The predicted octanol–water partition coefficient (Wildman–Crippen LogP) is 2.12. The van der Waals surface area contributed by atoms with Gasteiger partial charge < -0.3 is 16.0 Å². The molecule has 1 aromatic carbocycles. The lowest BCUT2D eigenvalue weighted by Crippen LogP contribution is -2.43. The number of benzene rings is 1. The Morgan fingerprint density at radius 1 is 1.00 bits per heavy atom. The molecule has 1 atom stereocenters. The summed E-state index contributed by atoms with van der Waals surface area (Å²) in [6.07, 6.45) is 5.06. The molecule has 1 aliphatic carbocycles. The summed E-state index contributed by atoms with van der Waals surface area (Å²) < 4.78 is 0. The number of hydrogen-bond donors (Lipinski definition) is 3. The first-order valence-electron chi connectivity index (χ1n) is 7.67. The second kappa shape index (κ2) is 6.26. The van der Waals surface area contributed by atoms with Crippen LogP contribution in [0.4, 0.5) is 11.4 Å². The molecule has 3 rings (SSSR count). The van der Waals surface area contributed by atoms with Crippen LogP contribution in [0.1, 0.15) is 32.1 Å². The van der Waals surface area contributed by atoms with E-state index in [0.717, 1.165) is 50.0 Å². The maximum Gasteiger partial charge on any atom is 0.241 e. The van der Waals surface area contributed by atoms with Crippen molar-refractivity contribution >= 4 is 23.2 Å². The summed E-state index contributed by atoms with van der Waals surface area (Å²) >= 11 is 0. The molecule has 0 radical (unpaired) electrons. The van der Waals surface area contributed by atoms with E-state index in [0.29, 0.717) is 0 Å². The summed E-state index contributed by atoms with van der Waals surface area (Å²) in [5, 5.41) is 9.04. The van der Waals surface area contributed by atoms with Crippen molar-refractivity contribution in [2.24, 2.45) is 5.92 Å². The third-order valence-corrected chi connectivity index (χ3v) is 3.97. The number of piperidine rings is 1. The molecule has 2 aliphatic rings. The summed E-state index contributed by atoms with van der Waals surface area (Å²) in [7, 11) is 0. The normalized spacial score (nSPS) is 21.6. The highest BCUT2D eigenvalue weighted by Crippen LogP contribution is 2.30. The maximum absolute atomic E-state index is 12.2. The molecule has 5 heteroatoms. The highest BCUT2D eigenvalue weighted by molar-refractivity contribution is 5.97. The van der Waals surface area contributed by atoms with E-state index in [1.165, 1.54) is 0 Å². The van der Waals surface area contributed by atoms with Crippen molar-refractivity contribution in [1.82, 2.24) is 5.32 Å². The minimum atomic E-state index is -0.108. The summed E-state index contributed by atoms with van der Waals surface area (Å²) in [6.45, 7) is 0.898. The second-order valence-electron chi connectivity index (χ2n) is 5.84. The molecule has 1 aromatic rings. The molecule has 2 amide bonds. The minimum absolute atomic E-state index is 0.000342. The SMILES string of the molecule is O=C(Nc1cccc(NC(=O)[C@H]2CCCCN2)c1)C1CC1. The first-order valence-corrected chi connectivity index (χ1v) is 7.67. The molecule has 2 fully saturated rings. The smallest absolute Gasteiger partial charge is 0.241 e. The standard InChI is InChI=1S/C16H21N3O2/c20-15(11-7-8-11)18-12-4-3-5-13(10-12)19-16(21)14-6-1-2-9-17-14/h3-5,10-11,14,17H,1-2,6-9H2,(H,18,20)(H,19,21)/t14-/m1/s1. The molecule has 0 aromatic heterocycles. The fraction of sp³-hybridized carbons (Fsp3) is 0.500. The maximum atomic E-state index is 12.2. The van der Waals surface area contributed by atoms with E-state index in [9.17, 15) is 9.59 Å². The summed E-state index contributed by atoms with van der Waals surface area (Å²) in [5.41, 5.74) is 1.46. The Kier molecular flexibility index (Phi) is 4.20. The molecule has 5 nitrogen and oxygen atoms in total. The lowest BCUT2D eigenvalue weighted by molar-refractivity contribution is -0.119. The lowest BCUT2D eigenvalue weighted by Gasteiger charge is -2.22. The fourth-order valence-electron chi connectivity index (χ4n) is 2.57. The third kappa shape index (κ3) is 3.82. The van der Waals surface area contributed by atoms with Crippen LogP contribution in [0.3, 0.4) is 0 Å². The summed E-state index contributed by atoms with van der Waals surface area (Å²) in [6, 6.07) is 7.22. The zero-order valence-electron chi connectivity index (χ0n) is 12.0. The van der Waals surface area contributed by atoms with Gasteiger partial charge >= 0.3 is 0 Å². The van der Waals surface area contributed by atoms with Gasteiger partial charge in [0.2, 0.25) is 11.8 Å². The summed E-state index contributed by atoms with van der Waals surface area (Å²) in [5.74, 6) is 0.252. The van der Waals surface area contributed by atoms with Crippen molar-refractivity contribution in [3.8, 4) is 0 Å². The number of nitrogens with one attached hydrogen (secondary N) is 3. The molecule has 0 spiro atoms. The van der Waals surface area contributed by atoms with Crippen LogP contribution >= 0.6 is 0 Å². The van der Waals surface area contributed by atoms with Crippen molar-refractivity contribution in [1.29, 1.82) is 0 Å². The Bertz CT molecular complexity index is 534. The molecule has 1 aliphatic heterocycles. The van der Waals surface area contributed by atoms with E-state index in [1.54, 1.807) is 6.07 Å². The molecule has 0 unspecified atom stereocenters. The van der Waals surface area contributed by atoms with E-state index in [1.807, 2.05) is 18.2 Å². The Morgan fingerprint density at radius 2 is 1.71 bits per heavy atom. The highest BCUT2D eigenvalue weighted by atomic mass is 16.2. The Hall–Kier alpha value is -1.88. The van der Waals surface area contributed by atoms with Crippen molar-refractivity contribution in [3.05, 3.63) is 24.3 Å². The zero-order chi connectivity index (χ0) is 14.7. The number of amides is 2. The molecular formula is C16H21N3O2. The second-order valence-corrected chi connectivity index (χ2v) is 5.84. The Balaban J connectivity index is 1.59. The molecule has 1 saturated carbocycles. The van der Waals surface area contributed by atoms with Crippen LogP contribution in [0.5, 0.6) is 0 Å². The van der Waals surface area contributed by atoms with Gasteiger partial charge in [0.15, 0.2) is 0 Å². The van der Waals surface area contributed by atoms with E-state index in [-0.39, 0.29) is 23.8 Å². The van der Waals surface area contributed by atoms with Crippen LogP contribution in [0.25, 0.3) is 0 Å². The van der Waals surface area contributed by atoms with E-state index in [4.69, 9.17) is 0 Å². The van der Waals surface area contributed by atoms with Crippen LogP contribution in [0.15, 0.2) is 24.3 Å². The molecule has 1 heterocycles. The minimum Gasteiger partial charge on any atom is -0.326 e. The number of carbonyl (C=O) groups excluding carboxylic acids is 2. The van der Waals surface area contributed by atoms with Crippen molar-refractivity contribution < 1.29 is 9.59 Å². The van der Waals surface area contributed by atoms with Gasteiger partial charge in [-0.3, -0.25) is 9.59 Å². The van der Waals surface area contributed by atoms with Gasteiger partial charge in [0.05, 0.1) is 6.04 Å². The lowest BCUT2D eigenvalue weighted by atomic mass is 10.0. The first kappa shape index (κ1) is 14.1. The van der Waals surface area contributed by atoms with Gasteiger partial charge in [0.1, 0.15) is 0 Å². The first-order chi connectivity index (χ1) is 10.2. The highest BCUT2D eigenvalue weighted by Gasteiger charge is 2.29. The van der Waals surface area contributed by atoms with Gasteiger partial charge in [0, 0.05) is 17.3 Å². The Labute approximate surface area is 124 Å². The fourth-order valence-corrected chi connectivity index (χ4v) is 2.57. The van der Waals surface area contributed by atoms with Gasteiger partial charge in [-0.05, 0) is 50.4 Å². The van der Waals surface area contributed by atoms with E-state index >= 15 is 0 Å². The molecule has 3 N–H and O–H groups in total. The van der Waals surface area contributed by atoms with Crippen LogP contribution in [0.2, 0.25) is 0 Å². The number of rotatable bonds is 4. The predicted molar refractivity (Wildman–Crippen MR) is 82.1 cm³/mol. The quantitative estimate of drug-likeness (QED) is 0.794. The monoisotopic (exact) mass is 287 g/mol. The molecule has 21 heavy (non-hydrogen) atoms. The van der Waals surface area contributed by atoms with Crippen LogP contribution in [-0.2, 0) is 9.59 Å². The molecule has 112 valence electrons. The van der Waals surface area contributed by atoms with Gasteiger partial charge in [-0.15, -0.1) is 0 Å². The Morgan fingerprint density at radius 3 is 2.33 bits per heavy atom. The number of carbonyl (C=O) groups is 2. The van der Waals surface area contributed by atoms with Crippen molar-refractivity contribution in [3.63, 3.8) is 0 Å². The van der Waals surface area contributed by atoms with E-state index in [2.05, 4.69) is 16.0 Å². The topological polar surface area (TPSA) is 70.2 Å². The average Bonchev–Trinajstić information content (AvgIpc) is 3.33. The van der Waals surface area contributed by atoms with Crippen LogP contribution < -0.4 is 16.0 Å². The molecule has 1 saturated heterocycles. The van der Waals surface area contributed by atoms with Crippen LogP contribution in [-0.4, -0.2) is 24.4 Å². The van der Waals surface area contributed by atoms with Crippen LogP contribution in [0, 0.1) is 5.92 Å².